The minimum atomic E-state index is 0.259. The first-order valence-corrected chi connectivity index (χ1v) is 9.18. The molecular weight excluding hydrogens is 304 g/mol. The number of rotatable bonds is 4. The van der Waals surface area contributed by atoms with Gasteiger partial charge in [0.1, 0.15) is 0 Å². The van der Waals surface area contributed by atoms with Crippen molar-refractivity contribution in [2.75, 3.05) is 13.1 Å². The number of benzene rings is 1. The van der Waals surface area contributed by atoms with Gasteiger partial charge in [0, 0.05) is 18.0 Å². The highest BCUT2D eigenvalue weighted by Crippen LogP contribution is 2.23. The molecule has 0 aliphatic carbocycles. The number of amides is 1. The standard InChI is InChI=1S/C19H24N2OS/c1-14-18(23-15(2)20-14)13-19(22)21-10-8-17(9-11-21)12-16-6-4-3-5-7-16/h3-7,17H,8-13H2,1-2H3. The molecule has 1 aliphatic rings. The number of carbonyl (C=O) groups excluding carboxylic acids is 1. The van der Waals surface area contributed by atoms with Gasteiger partial charge < -0.3 is 4.90 Å². The van der Waals surface area contributed by atoms with Gasteiger partial charge in [-0.05, 0) is 44.6 Å². The number of nitrogens with zero attached hydrogens (tertiary/aromatic N) is 2. The van der Waals surface area contributed by atoms with Crippen molar-refractivity contribution in [3.8, 4) is 0 Å². The summed E-state index contributed by atoms with van der Waals surface area (Å²) in [7, 11) is 0. The third-order valence-electron chi connectivity index (χ3n) is 4.65. The van der Waals surface area contributed by atoms with Crippen LogP contribution in [0.3, 0.4) is 0 Å². The topological polar surface area (TPSA) is 33.2 Å². The lowest BCUT2D eigenvalue weighted by molar-refractivity contribution is -0.131. The average Bonchev–Trinajstić information content (AvgIpc) is 2.86. The van der Waals surface area contributed by atoms with Gasteiger partial charge in [-0.15, -0.1) is 11.3 Å². The van der Waals surface area contributed by atoms with Gasteiger partial charge in [0.15, 0.2) is 0 Å². The third-order valence-corrected chi connectivity index (χ3v) is 5.72. The summed E-state index contributed by atoms with van der Waals surface area (Å²) >= 11 is 1.65. The van der Waals surface area contributed by atoms with Gasteiger partial charge in [-0.25, -0.2) is 4.98 Å². The van der Waals surface area contributed by atoms with E-state index in [1.807, 2.05) is 18.7 Å². The summed E-state index contributed by atoms with van der Waals surface area (Å²) < 4.78 is 0. The van der Waals surface area contributed by atoms with Crippen molar-refractivity contribution in [1.29, 1.82) is 0 Å². The van der Waals surface area contributed by atoms with E-state index >= 15 is 0 Å². The second-order valence-electron chi connectivity index (χ2n) is 6.43. The lowest BCUT2D eigenvalue weighted by atomic mass is 9.90. The Bertz CT molecular complexity index is 657. The highest BCUT2D eigenvalue weighted by molar-refractivity contribution is 7.11. The minimum absolute atomic E-state index is 0.259. The van der Waals surface area contributed by atoms with Gasteiger partial charge in [-0.2, -0.15) is 0 Å². The van der Waals surface area contributed by atoms with E-state index in [0.717, 1.165) is 47.9 Å². The molecule has 0 N–H and O–H groups in total. The normalized spacial score (nSPS) is 15.8. The Labute approximate surface area is 142 Å². The van der Waals surface area contributed by atoms with Crippen LogP contribution in [0.5, 0.6) is 0 Å². The number of aryl methyl sites for hydroxylation is 2. The SMILES string of the molecule is Cc1nc(C)c(CC(=O)N2CCC(Cc3ccccc3)CC2)s1. The first kappa shape index (κ1) is 16.2. The molecule has 1 aromatic heterocycles. The molecule has 0 unspecified atom stereocenters. The van der Waals surface area contributed by atoms with Crippen molar-refractivity contribution in [3.05, 3.63) is 51.5 Å². The molecule has 0 atom stereocenters. The van der Waals surface area contributed by atoms with E-state index < -0.39 is 0 Å². The molecule has 2 aromatic rings. The van der Waals surface area contributed by atoms with E-state index in [2.05, 4.69) is 35.3 Å². The first-order chi connectivity index (χ1) is 11.1. The van der Waals surface area contributed by atoms with Gasteiger partial charge in [0.05, 0.1) is 17.1 Å². The number of hydrogen-bond donors (Lipinski definition) is 0. The fourth-order valence-electron chi connectivity index (χ4n) is 3.32. The Morgan fingerprint density at radius 3 is 2.52 bits per heavy atom. The molecule has 0 saturated carbocycles. The highest BCUT2D eigenvalue weighted by atomic mass is 32.1. The minimum Gasteiger partial charge on any atom is -0.342 e. The largest absolute Gasteiger partial charge is 0.342 e. The zero-order chi connectivity index (χ0) is 16.2. The average molecular weight is 328 g/mol. The molecule has 3 rings (SSSR count). The molecule has 23 heavy (non-hydrogen) atoms. The number of carbonyl (C=O) groups is 1. The second kappa shape index (κ2) is 7.26. The Hall–Kier alpha value is -1.68. The van der Waals surface area contributed by atoms with Gasteiger partial charge in [-0.1, -0.05) is 30.3 Å². The summed E-state index contributed by atoms with van der Waals surface area (Å²) in [6, 6.07) is 10.7. The van der Waals surface area contributed by atoms with Crippen LogP contribution in [0.2, 0.25) is 0 Å². The van der Waals surface area contributed by atoms with Crippen LogP contribution in [0.4, 0.5) is 0 Å². The van der Waals surface area contributed by atoms with E-state index in [0.29, 0.717) is 12.3 Å². The van der Waals surface area contributed by atoms with Crippen LogP contribution in [0.15, 0.2) is 30.3 Å². The van der Waals surface area contributed by atoms with Gasteiger partial charge in [0.2, 0.25) is 5.91 Å². The quantitative estimate of drug-likeness (QED) is 0.855. The molecule has 0 bridgehead atoms. The Balaban J connectivity index is 1.50. The molecule has 0 spiro atoms. The fraction of sp³-hybridized carbons (Fsp3) is 0.474. The smallest absolute Gasteiger partial charge is 0.227 e. The number of thiazole rings is 1. The molecule has 0 radical (unpaired) electrons. The van der Waals surface area contributed by atoms with Crippen LogP contribution in [0, 0.1) is 19.8 Å². The van der Waals surface area contributed by atoms with Crippen LogP contribution in [-0.4, -0.2) is 28.9 Å². The van der Waals surface area contributed by atoms with Crippen molar-refractivity contribution in [2.45, 2.75) is 39.5 Å². The molecule has 3 nitrogen and oxygen atoms in total. The highest BCUT2D eigenvalue weighted by Gasteiger charge is 2.23. The first-order valence-electron chi connectivity index (χ1n) is 8.36. The van der Waals surface area contributed by atoms with Crippen molar-refractivity contribution in [1.82, 2.24) is 9.88 Å². The Morgan fingerprint density at radius 2 is 1.91 bits per heavy atom. The van der Waals surface area contributed by atoms with Gasteiger partial charge in [-0.3, -0.25) is 4.79 Å². The van der Waals surface area contributed by atoms with E-state index in [9.17, 15) is 4.79 Å². The Morgan fingerprint density at radius 1 is 1.22 bits per heavy atom. The maximum atomic E-state index is 12.5. The van der Waals surface area contributed by atoms with Crippen molar-refractivity contribution in [2.24, 2.45) is 5.92 Å². The molecule has 1 aliphatic heterocycles. The summed E-state index contributed by atoms with van der Waals surface area (Å²) in [4.78, 5) is 20.1. The lowest BCUT2D eigenvalue weighted by Crippen LogP contribution is -2.39. The van der Waals surface area contributed by atoms with Crippen molar-refractivity contribution < 1.29 is 4.79 Å². The monoisotopic (exact) mass is 328 g/mol. The number of piperidine rings is 1. The van der Waals surface area contributed by atoms with Crippen LogP contribution >= 0.6 is 11.3 Å². The zero-order valence-electron chi connectivity index (χ0n) is 13.9. The summed E-state index contributed by atoms with van der Waals surface area (Å²) in [6.07, 6.45) is 3.87. The Kier molecular flexibility index (Phi) is 5.11. The molecule has 1 saturated heterocycles. The van der Waals surface area contributed by atoms with Crippen LogP contribution < -0.4 is 0 Å². The summed E-state index contributed by atoms with van der Waals surface area (Å²) in [5.74, 6) is 0.962. The summed E-state index contributed by atoms with van der Waals surface area (Å²) in [5.41, 5.74) is 2.42. The summed E-state index contributed by atoms with van der Waals surface area (Å²) in [6.45, 7) is 5.79. The third kappa shape index (κ3) is 4.20. The van der Waals surface area contributed by atoms with Crippen LogP contribution in [-0.2, 0) is 17.6 Å². The molecule has 1 amide bonds. The molecule has 1 aromatic carbocycles. The molecule has 1 fully saturated rings. The van der Waals surface area contributed by atoms with Crippen LogP contribution in [0.1, 0.15) is 34.0 Å². The van der Waals surface area contributed by atoms with E-state index in [4.69, 9.17) is 0 Å². The van der Waals surface area contributed by atoms with E-state index in [1.54, 1.807) is 11.3 Å². The fourth-order valence-corrected chi connectivity index (χ4v) is 4.25. The van der Waals surface area contributed by atoms with E-state index in [1.165, 1.54) is 5.56 Å². The predicted octanol–water partition coefficient (Wildman–Crippen LogP) is 3.78. The van der Waals surface area contributed by atoms with Crippen LogP contribution in [0.25, 0.3) is 0 Å². The predicted molar refractivity (Wildman–Crippen MR) is 94.7 cm³/mol. The van der Waals surface area contributed by atoms with Gasteiger partial charge >= 0.3 is 0 Å². The van der Waals surface area contributed by atoms with E-state index in [-0.39, 0.29) is 5.91 Å². The lowest BCUT2D eigenvalue weighted by Gasteiger charge is -2.32. The molecule has 122 valence electrons. The number of likely N-dealkylation sites (tertiary alicyclic amines) is 1. The number of aromatic nitrogens is 1. The van der Waals surface area contributed by atoms with Crippen molar-refractivity contribution >= 4 is 17.2 Å². The number of hydrogen-bond acceptors (Lipinski definition) is 3. The second-order valence-corrected chi connectivity index (χ2v) is 7.72. The molecule has 4 heteroatoms. The van der Waals surface area contributed by atoms with Crippen molar-refractivity contribution in [3.63, 3.8) is 0 Å². The zero-order valence-corrected chi connectivity index (χ0v) is 14.7. The van der Waals surface area contributed by atoms with Gasteiger partial charge in [0.25, 0.3) is 0 Å². The molecule has 2 heterocycles. The molecular formula is C19H24N2OS. The maximum Gasteiger partial charge on any atom is 0.227 e. The maximum absolute atomic E-state index is 12.5. The summed E-state index contributed by atoms with van der Waals surface area (Å²) in [5, 5.41) is 1.05.